The van der Waals surface area contributed by atoms with Gasteiger partial charge in [0.05, 0.1) is 10.9 Å². The van der Waals surface area contributed by atoms with E-state index in [2.05, 4.69) is 5.32 Å². The van der Waals surface area contributed by atoms with Gasteiger partial charge in [0.1, 0.15) is 11.5 Å². The van der Waals surface area contributed by atoms with Gasteiger partial charge >= 0.3 is 0 Å². The van der Waals surface area contributed by atoms with Gasteiger partial charge in [-0.05, 0) is 55.0 Å². The Balaban J connectivity index is 1.67. The van der Waals surface area contributed by atoms with Crippen LogP contribution in [0.5, 0.6) is 11.5 Å². The Kier molecular flexibility index (Phi) is 5.80. The van der Waals surface area contributed by atoms with E-state index < -0.39 is 9.84 Å². The fourth-order valence-electron chi connectivity index (χ4n) is 2.68. The number of para-hydroxylation sites is 1. The van der Waals surface area contributed by atoms with E-state index in [4.69, 9.17) is 4.74 Å². The molecule has 0 heterocycles. The summed E-state index contributed by atoms with van der Waals surface area (Å²) in [5, 5.41) is 2.89. The fraction of sp³-hybridized carbons (Fsp3) is 0.136. The van der Waals surface area contributed by atoms with Crippen molar-refractivity contribution < 1.29 is 17.9 Å². The van der Waals surface area contributed by atoms with Crippen LogP contribution in [-0.4, -0.2) is 20.6 Å². The molecule has 0 radical (unpaired) electrons. The molecule has 0 aliphatic carbocycles. The van der Waals surface area contributed by atoms with Gasteiger partial charge in [0.2, 0.25) is 0 Å². The van der Waals surface area contributed by atoms with Gasteiger partial charge in [0, 0.05) is 11.8 Å². The standard InChI is InChI=1S/C22H21NO4S/c1-16(23-22(24)18-7-6-10-21(15-18)28(2,25)26)17-11-13-20(14-12-17)27-19-8-4-3-5-9-19/h3-16H,1-2H3,(H,23,24). The van der Waals surface area contributed by atoms with Crippen molar-refractivity contribution in [3.63, 3.8) is 0 Å². The Bertz CT molecular complexity index is 1060. The van der Waals surface area contributed by atoms with Gasteiger partial charge in [-0.2, -0.15) is 0 Å². The monoisotopic (exact) mass is 395 g/mol. The van der Waals surface area contributed by atoms with Crippen LogP contribution in [0.1, 0.15) is 28.9 Å². The second-order valence-corrected chi connectivity index (χ2v) is 8.50. The Morgan fingerprint density at radius 3 is 2.18 bits per heavy atom. The highest BCUT2D eigenvalue weighted by Gasteiger charge is 2.14. The summed E-state index contributed by atoms with van der Waals surface area (Å²) in [5.74, 6) is 1.12. The molecule has 3 rings (SSSR count). The molecule has 0 saturated heterocycles. The van der Waals surface area contributed by atoms with Crippen molar-refractivity contribution in [3.8, 4) is 11.5 Å². The number of ether oxygens (including phenoxy) is 1. The molecule has 5 nitrogen and oxygen atoms in total. The molecular formula is C22H21NO4S. The van der Waals surface area contributed by atoms with Crippen LogP contribution in [0.4, 0.5) is 0 Å². The first-order chi connectivity index (χ1) is 13.3. The fourth-order valence-corrected chi connectivity index (χ4v) is 3.35. The summed E-state index contributed by atoms with van der Waals surface area (Å²) in [7, 11) is -3.36. The quantitative estimate of drug-likeness (QED) is 0.673. The van der Waals surface area contributed by atoms with Gasteiger partial charge in [-0.15, -0.1) is 0 Å². The molecule has 1 unspecified atom stereocenters. The van der Waals surface area contributed by atoms with Crippen LogP contribution in [-0.2, 0) is 9.84 Å². The van der Waals surface area contributed by atoms with Gasteiger partial charge in [0.25, 0.3) is 5.91 Å². The van der Waals surface area contributed by atoms with E-state index in [1.165, 1.54) is 12.1 Å². The molecule has 0 aliphatic heterocycles. The summed E-state index contributed by atoms with van der Waals surface area (Å²) in [6.07, 6.45) is 1.12. The minimum Gasteiger partial charge on any atom is -0.457 e. The number of nitrogens with one attached hydrogen (secondary N) is 1. The van der Waals surface area contributed by atoms with Crippen molar-refractivity contribution >= 4 is 15.7 Å². The lowest BCUT2D eigenvalue weighted by Gasteiger charge is -2.15. The number of hydrogen-bond acceptors (Lipinski definition) is 4. The highest BCUT2D eigenvalue weighted by Crippen LogP contribution is 2.23. The van der Waals surface area contributed by atoms with Crippen LogP contribution in [0.25, 0.3) is 0 Å². The van der Waals surface area contributed by atoms with E-state index in [0.29, 0.717) is 11.3 Å². The zero-order valence-corrected chi connectivity index (χ0v) is 16.4. The van der Waals surface area contributed by atoms with E-state index in [0.717, 1.165) is 17.6 Å². The zero-order valence-electron chi connectivity index (χ0n) is 15.6. The maximum atomic E-state index is 12.5. The van der Waals surface area contributed by atoms with Crippen LogP contribution in [0.15, 0.2) is 83.8 Å². The lowest BCUT2D eigenvalue weighted by molar-refractivity contribution is 0.0939. The third-order valence-electron chi connectivity index (χ3n) is 4.23. The van der Waals surface area contributed by atoms with Crippen LogP contribution < -0.4 is 10.1 Å². The number of carbonyl (C=O) groups is 1. The topological polar surface area (TPSA) is 72.5 Å². The number of rotatable bonds is 6. The first kappa shape index (κ1) is 19.6. The smallest absolute Gasteiger partial charge is 0.251 e. The molecule has 1 atom stereocenters. The SMILES string of the molecule is CC(NC(=O)c1cccc(S(C)(=O)=O)c1)c1ccc(Oc2ccccc2)cc1. The Morgan fingerprint density at radius 1 is 0.893 bits per heavy atom. The number of amides is 1. The zero-order chi connectivity index (χ0) is 20.1. The highest BCUT2D eigenvalue weighted by atomic mass is 32.2. The minimum absolute atomic E-state index is 0.121. The van der Waals surface area contributed by atoms with Crippen molar-refractivity contribution in [2.75, 3.05) is 6.26 Å². The van der Waals surface area contributed by atoms with Crippen molar-refractivity contribution in [2.45, 2.75) is 17.9 Å². The average molecular weight is 395 g/mol. The normalized spacial score (nSPS) is 12.2. The van der Waals surface area contributed by atoms with Gasteiger partial charge < -0.3 is 10.1 Å². The molecule has 1 N–H and O–H groups in total. The van der Waals surface area contributed by atoms with Gasteiger partial charge in [-0.1, -0.05) is 36.4 Å². The number of carbonyl (C=O) groups excluding carboxylic acids is 1. The highest BCUT2D eigenvalue weighted by molar-refractivity contribution is 7.90. The van der Waals surface area contributed by atoms with Crippen molar-refractivity contribution in [1.29, 1.82) is 0 Å². The molecule has 6 heteroatoms. The molecule has 0 spiro atoms. The molecule has 0 aliphatic rings. The first-order valence-corrected chi connectivity index (χ1v) is 10.7. The van der Waals surface area contributed by atoms with Crippen LogP contribution in [0.3, 0.4) is 0 Å². The third kappa shape index (κ3) is 4.98. The number of sulfone groups is 1. The van der Waals surface area contributed by atoms with E-state index in [1.54, 1.807) is 12.1 Å². The third-order valence-corrected chi connectivity index (χ3v) is 5.34. The summed E-state index contributed by atoms with van der Waals surface area (Å²) >= 11 is 0. The van der Waals surface area contributed by atoms with E-state index in [1.807, 2.05) is 61.5 Å². The second kappa shape index (κ2) is 8.27. The Morgan fingerprint density at radius 2 is 1.54 bits per heavy atom. The van der Waals surface area contributed by atoms with E-state index >= 15 is 0 Å². The largest absolute Gasteiger partial charge is 0.457 e. The molecule has 0 bridgehead atoms. The number of benzene rings is 3. The maximum absolute atomic E-state index is 12.5. The summed E-state index contributed by atoms with van der Waals surface area (Å²) < 4.78 is 29.1. The molecule has 3 aromatic rings. The summed E-state index contributed by atoms with van der Waals surface area (Å²) in [6, 6.07) is 22.7. The minimum atomic E-state index is -3.36. The lowest BCUT2D eigenvalue weighted by atomic mass is 10.1. The van der Waals surface area contributed by atoms with Crippen molar-refractivity contribution in [1.82, 2.24) is 5.32 Å². The van der Waals surface area contributed by atoms with Crippen LogP contribution in [0, 0.1) is 0 Å². The van der Waals surface area contributed by atoms with Gasteiger partial charge in [-0.25, -0.2) is 8.42 Å². The lowest BCUT2D eigenvalue weighted by Crippen LogP contribution is -2.26. The molecule has 1 amide bonds. The molecule has 0 fully saturated rings. The Hall–Kier alpha value is -3.12. The van der Waals surface area contributed by atoms with Crippen molar-refractivity contribution in [2.24, 2.45) is 0 Å². The van der Waals surface area contributed by atoms with Crippen LogP contribution >= 0.6 is 0 Å². The first-order valence-electron chi connectivity index (χ1n) is 8.77. The van der Waals surface area contributed by atoms with Gasteiger partial charge in [-0.3, -0.25) is 4.79 Å². The van der Waals surface area contributed by atoms with Crippen molar-refractivity contribution in [3.05, 3.63) is 90.0 Å². The Labute approximate surface area is 164 Å². The summed E-state index contributed by atoms with van der Waals surface area (Å²) in [6.45, 7) is 1.87. The molecule has 3 aromatic carbocycles. The molecule has 144 valence electrons. The summed E-state index contributed by atoms with van der Waals surface area (Å²) in [5.41, 5.74) is 1.21. The molecule has 28 heavy (non-hydrogen) atoms. The second-order valence-electron chi connectivity index (χ2n) is 6.48. The molecular weight excluding hydrogens is 374 g/mol. The summed E-state index contributed by atoms with van der Waals surface area (Å²) in [4.78, 5) is 12.6. The van der Waals surface area contributed by atoms with Gasteiger partial charge in [0.15, 0.2) is 9.84 Å². The molecule has 0 aromatic heterocycles. The predicted molar refractivity (Wildman–Crippen MR) is 108 cm³/mol. The van der Waals surface area contributed by atoms with Crippen LogP contribution in [0.2, 0.25) is 0 Å². The number of hydrogen-bond donors (Lipinski definition) is 1. The predicted octanol–water partition coefficient (Wildman–Crippen LogP) is 4.37. The molecule has 0 saturated carbocycles. The average Bonchev–Trinajstić information content (AvgIpc) is 2.69. The van der Waals surface area contributed by atoms with E-state index in [9.17, 15) is 13.2 Å². The maximum Gasteiger partial charge on any atom is 0.251 e. The van der Waals surface area contributed by atoms with E-state index in [-0.39, 0.29) is 16.8 Å².